The number of nitrogens with zero attached hydrogens (tertiary/aromatic N) is 1. The van der Waals surface area contributed by atoms with E-state index < -0.39 is 28.0 Å². The second kappa shape index (κ2) is 5.81. The van der Waals surface area contributed by atoms with Crippen LogP contribution in [0.5, 0.6) is 0 Å². The summed E-state index contributed by atoms with van der Waals surface area (Å²) in [5.41, 5.74) is -0.613. The fourth-order valence-electron chi connectivity index (χ4n) is 2.23. The van der Waals surface area contributed by atoms with Crippen LogP contribution in [0, 0.1) is 28.7 Å². The number of benzene rings is 2. The highest BCUT2D eigenvalue weighted by Gasteiger charge is 2.27. The molecule has 0 N–H and O–H groups in total. The Labute approximate surface area is 129 Å². The third-order valence-electron chi connectivity index (χ3n) is 3.20. The minimum Gasteiger partial charge on any atom is -0.294 e. The maximum atomic E-state index is 13.4. The highest BCUT2D eigenvalue weighted by Crippen LogP contribution is 2.40. The smallest absolute Gasteiger partial charge is 0.282 e. The van der Waals surface area contributed by atoms with E-state index in [9.17, 15) is 23.7 Å². The van der Waals surface area contributed by atoms with Gasteiger partial charge in [0.05, 0.1) is 15.5 Å². The van der Waals surface area contributed by atoms with E-state index in [0.29, 0.717) is 6.07 Å². The summed E-state index contributed by atoms with van der Waals surface area (Å²) in [6.07, 6.45) is 0. The van der Waals surface area contributed by atoms with Crippen molar-refractivity contribution in [2.45, 2.75) is 13.8 Å². The molecule has 0 bridgehead atoms. The summed E-state index contributed by atoms with van der Waals surface area (Å²) in [6.45, 7) is 2.60. The van der Waals surface area contributed by atoms with Crippen LogP contribution in [0.2, 0.25) is 5.02 Å². The number of halogens is 3. The van der Waals surface area contributed by atoms with E-state index in [1.807, 2.05) is 0 Å². The zero-order chi connectivity index (χ0) is 16.6. The molecule has 0 saturated carbocycles. The number of carbonyl (C=O) groups is 1. The molecule has 0 heterocycles. The Morgan fingerprint density at radius 1 is 1.18 bits per heavy atom. The molecule has 0 amide bonds. The molecule has 0 aromatic heterocycles. The Bertz CT molecular complexity index is 786. The van der Waals surface area contributed by atoms with Gasteiger partial charge in [-0.05, 0) is 37.6 Å². The van der Waals surface area contributed by atoms with E-state index in [1.165, 1.54) is 19.9 Å². The monoisotopic (exact) mass is 325 g/mol. The summed E-state index contributed by atoms with van der Waals surface area (Å²) >= 11 is 5.92. The number of nitro groups is 1. The van der Waals surface area contributed by atoms with Crippen molar-refractivity contribution in [1.29, 1.82) is 0 Å². The Hall–Kier alpha value is -2.34. The maximum Gasteiger partial charge on any atom is 0.282 e. The summed E-state index contributed by atoms with van der Waals surface area (Å²) in [7, 11) is 0. The SMILES string of the molecule is CC(=O)c1cc(Cl)c(C)c([N+](=O)[O-])c1-c1cc(F)cc(F)c1. The average molecular weight is 326 g/mol. The van der Waals surface area contributed by atoms with E-state index in [-0.39, 0.29) is 27.3 Å². The Kier molecular flexibility index (Phi) is 4.23. The Morgan fingerprint density at radius 3 is 2.18 bits per heavy atom. The van der Waals surface area contributed by atoms with Crippen molar-refractivity contribution in [2.75, 3.05) is 0 Å². The van der Waals surface area contributed by atoms with Gasteiger partial charge in [-0.1, -0.05) is 11.6 Å². The summed E-state index contributed by atoms with van der Waals surface area (Å²) < 4.78 is 26.9. The third-order valence-corrected chi connectivity index (χ3v) is 3.60. The van der Waals surface area contributed by atoms with Crippen molar-refractivity contribution in [1.82, 2.24) is 0 Å². The molecule has 0 saturated heterocycles. The molecule has 4 nitrogen and oxygen atoms in total. The van der Waals surface area contributed by atoms with Gasteiger partial charge in [-0.3, -0.25) is 14.9 Å². The second-order valence-electron chi connectivity index (χ2n) is 4.73. The van der Waals surface area contributed by atoms with Crippen molar-refractivity contribution < 1.29 is 18.5 Å². The van der Waals surface area contributed by atoms with Crippen LogP contribution in [0.4, 0.5) is 14.5 Å². The highest BCUT2D eigenvalue weighted by molar-refractivity contribution is 6.32. The summed E-state index contributed by atoms with van der Waals surface area (Å²) in [4.78, 5) is 22.4. The van der Waals surface area contributed by atoms with Gasteiger partial charge < -0.3 is 0 Å². The lowest BCUT2D eigenvalue weighted by atomic mass is 9.93. The minimum absolute atomic E-state index is 0.0394. The van der Waals surface area contributed by atoms with Gasteiger partial charge in [0, 0.05) is 17.2 Å². The fourth-order valence-corrected chi connectivity index (χ4v) is 2.43. The van der Waals surface area contributed by atoms with Gasteiger partial charge >= 0.3 is 0 Å². The van der Waals surface area contributed by atoms with Crippen molar-refractivity contribution in [2.24, 2.45) is 0 Å². The molecule has 0 aliphatic carbocycles. The van der Waals surface area contributed by atoms with E-state index in [0.717, 1.165) is 12.1 Å². The largest absolute Gasteiger partial charge is 0.294 e. The van der Waals surface area contributed by atoms with Crippen molar-refractivity contribution >= 4 is 23.1 Å². The number of carbonyl (C=O) groups excluding carboxylic acids is 1. The molecule has 7 heteroatoms. The molecule has 0 spiro atoms. The number of rotatable bonds is 3. The molecule has 0 radical (unpaired) electrons. The lowest BCUT2D eigenvalue weighted by Crippen LogP contribution is -2.04. The minimum atomic E-state index is -0.897. The van der Waals surface area contributed by atoms with Crippen LogP contribution in [-0.2, 0) is 0 Å². The first kappa shape index (κ1) is 16.0. The van der Waals surface area contributed by atoms with Gasteiger partial charge in [0.15, 0.2) is 5.78 Å². The molecule has 114 valence electrons. The molecule has 0 aliphatic heterocycles. The normalized spacial score (nSPS) is 10.6. The zero-order valence-electron chi connectivity index (χ0n) is 11.6. The van der Waals surface area contributed by atoms with E-state index in [1.54, 1.807) is 0 Å². The zero-order valence-corrected chi connectivity index (χ0v) is 12.4. The van der Waals surface area contributed by atoms with Crippen LogP contribution in [-0.4, -0.2) is 10.7 Å². The van der Waals surface area contributed by atoms with Gasteiger partial charge in [0.25, 0.3) is 5.69 Å². The Morgan fingerprint density at radius 2 is 1.73 bits per heavy atom. The predicted octanol–water partition coefficient (Wildman–Crippen LogP) is 4.70. The average Bonchev–Trinajstić information content (AvgIpc) is 2.39. The molecule has 2 rings (SSSR count). The lowest BCUT2D eigenvalue weighted by Gasteiger charge is -2.12. The number of nitro benzene ring substituents is 1. The quantitative estimate of drug-likeness (QED) is 0.466. The molecule has 2 aromatic carbocycles. The van der Waals surface area contributed by atoms with Crippen LogP contribution in [0.1, 0.15) is 22.8 Å². The highest BCUT2D eigenvalue weighted by atomic mass is 35.5. The first-order chi connectivity index (χ1) is 10.2. The summed E-state index contributed by atoms with van der Waals surface area (Å²) in [6, 6.07) is 3.78. The topological polar surface area (TPSA) is 60.2 Å². The fraction of sp³-hybridized carbons (Fsp3) is 0.133. The van der Waals surface area contributed by atoms with Crippen molar-refractivity contribution in [3.63, 3.8) is 0 Å². The van der Waals surface area contributed by atoms with Gasteiger partial charge in [-0.15, -0.1) is 0 Å². The van der Waals surface area contributed by atoms with E-state index >= 15 is 0 Å². The standard InChI is InChI=1S/C15H10ClF2NO3/c1-7-13(16)6-12(8(2)20)14(15(7)19(21)22)9-3-10(17)5-11(18)4-9/h3-6H,1-2H3. The molecular weight excluding hydrogens is 316 g/mol. The van der Waals surface area contributed by atoms with Crippen LogP contribution in [0.3, 0.4) is 0 Å². The van der Waals surface area contributed by atoms with Crippen LogP contribution >= 0.6 is 11.6 Å². The van der Waals surface area contributed by atoms with Gasteiger partial charge in [0.2, 0.25) is 0 Å². The molecule has 0 atom stereocenters. The molecular formula is C15H10ClF2NO3. The number of hydrogen-bond acceptors (Lipinski definition) is 3. The third kappa shape index (κ3) is 2.82. The van der Waals surface area contributed by atoms with Crippen LogP contribution in [0.25, 0.3) is 11.1 Å². The molecule has 2 aromatic rings. The number of ketones is 1. The first-order valence-electron chi connectivity index (χ1n) is 6.17. The predicted molar refractivity (Wildman–Crippen MR) is 78.2 cm³/mol. The maximum absolute atomic E-state index is 13.4. The number of Topliss-reactive ketones (excluding diaryl/α,β-unsaturated/α-hetero) is 1. The van der Waals surface area contributed by atoms with Gasteiger partial charge in [-0.25, -0.2) is 8.78 Å². The Balaban J connectivity index is 2.96. The second-order valence-corrected chi connectivity index (χ2v) is 5.13. The van der Waals surface area contributed by atoms with Crippen molar-refractivity contribution in [3.8, 4) is 11.1 Å². The van der Waals surface area contributed by atoms with Gasteiger partial charge in [0.1, 0.15) is 11.6 Å². The van der Waals surface area contributed by atoms with E-state index in [4.69, 9.17) is 11.6 Å². The molecule has 0 aliphatic rings. The summed E-state index contributed by atoms with van der Waals surface area (Å²) in [5, 5.41) is 11.4. The van der Waals surface area contributed by atoms with E-state index in [2.05, 4.69) is 0 Å². The molecule has 22 heavy (non-hydrogen) atoms. The van der Waals surface area contributed by atoms with Gasteiger partial charge in [-0.2, -0.15) is 0 Å². The lowest BCUT2D eigenvalue weighted by molar-refractivity contribution is -0.384. The van der Waals surface area contributed by atoms with Crippen LogP contribution in [0.15, 0.2) is 24.3 Å². The molecule has 0 fully saturated rings. The number of hydrogen-bond donors (Lipinski definition) is 0. The van der Waals surface area contributed by atoms with Crippen LogP contribution < -0.4 is 0 Å². The van der Waals surface area contributed by atoms with Crippen molar-refractivity contribution in [3.05, 3.63) is 62.2 Å². The summed E-state index contributed by atoms with van der Waals surface area (Å²) in [5.74, 6) is -2.29. The molecule has 0 unspecified atom stereocenters. The first-order valence-corrected chi connectivity index (χ1v) is 6.55.